The molecular weight excluding hydrogens is 295 g/mol. The zero-order valence-corrected chi connectivity index (χ0v) is 11.9. The first-order valence-corrected chi connectivity index (χ1v) is 6.65. The lowest BCUT2D eigenvalue weighted by Gasteiger charge is -2.14. The molecule has 0 radical (unpaired) electrons. The predicted octanol–water partition coefficient (Wildman–Crippen LogP) is 2.97. The normalized spacial score (nSPS) is 12.8. The van der Waals surface area contributed by atoms with Crippen LogP contribution in [-0.2, 0) is 7.05 Å². The third-order valence-electron chi connectivity index (χ3n) is 3.47. The van der Waals surface area contributed by atoms with E-state index in [1.807, 2.05) is 0 Å². The van der Waals surface area contributed by atoms with Crippen molar-refractivity contribution in [1.29, 1.82) is 0 Å². The summed E-state index contributed by atoms with van der Waals surface area (Å²) in [4.78, 5) is 11.5. The Morgan fingerprint density at radius 2 is 2.05 bits per heavy atom. The minimum atomic E-state index is -0.534. The van der Waals surface area contributed by atoms with Crippen LogP contribution in [0.5, 0.6) is 0 Å². The number of nitrogens with zero attached hydrogens (tertiary/aromatic N) is 1. The van der Waals surface area contributed by atoms with Crippen molar-refractivity contribution in [2.45, 2.75) is 6.04 Å². The van der Waals surface area contributed by atoms with Crippen LogP contribution in [0.4, 0.5) is 4.39 Å². The Balaban J connectivity index is 2.09. The lowest BCUT2D eigenvalue weighted by molar-refractivity contribution is 0.527. The number of hydrogen-bond donors (Lipinski definition) is 1. The van der Waals surface area contributed by atoms with Crippen LogP contribution in [0.3, 0.4) is 0 Å². The van der Waals surface area contributed by atoms with Gasteiger partial charge in [0.2, 0.25) is 0 Å². The molecule has 1 unspecified atom stereocenters. The Kier molecular flexibility index (Phi) is 3.31. The van der Waals surface area contributed by atoms with Gasteiger partial charge in [-0.1, -0.05) is 23.7 Å². The second-order valence-corrected chi connectivity index (χ2v) is 5.20. The van der Waals surface area contributed by atoms with Crippen LogP contribution in [0, 0.1) is 5.82 Å². The molecule has 0 aliphatic carbocycles. The predicted molar refractivity (Wildman–Crippen MR) is 78.9 cm³/mol. The van der Waals surface area contributed by atoms with Gasteiger partial charge in [-0.15, -0.1) is 0 Å². The van der Waals surface area contributed by atoms with Crippen LogP contribution in [0.15, 0.2) is 45.6 Å². The molecule has 0 amide bonds. The Labute approximate surface area is 124 Å². The maximum Gasteiger partial charge on any atom is 0.419 e. The number of benzene rings is 2. The Morgan fingerprint density at radius 3 is 2.76 bits per heavy atom. The molecule has 1 aromatic heterocycles. The van der Waals surface area contributed by atoms with Gasteiger partial charge in [0, 0.05) is 12.1 Å². The molecule has 1 atom stereocenters. The Morgan fingerprint density at radius 1 is 1.29 bits per heavy atom. The molecule has 0 fully saturated rings. The van der Waals surface area contributed by atoms with Gasteiger partial charge in [0.1, 0.15) is 5.82 Å². The third kappa shape index (κ3) is 2.34. The Hall–Kier alpha value is -2.11. The largest absolute Gasteiger partial charge is 0.419 e. The smallest absolute Gasteiger partial charge is 0.408 e. The van der Waals surface area contributed by atoms with Crippen molar-refractivity contribution in [1.82, 2.24) is 4.57 Å². The summed E-state index contributed by atoms with van der Waals surface area (Å²) in [6.07, 6.45) is 0. The molecule has 0 aliphatic heterocycles. The zero-order chi connectivity index (χ0) is 15.1. The average Bonchev–Trinajstić information content (AvgIpc) is 2.73. The van der Waals surface area contributed by atoms with Crippen LogP contribution in [0.25, 0.3) is 11.1 Å². The van der Waals surface area contributed by atoms with Gasteiger partial charge in [-0.25, -0.2) is 9.18 Å². The molecule has 0 bridgehead atoms. The number of halogens is 2. The molecule has 0 aliphatic rings. The van der Waals surface area contributed by atoms with Gasteiger partial charge < -0.3 is 10.2 Å². The number of nitrogens with two attached hydrogens (primary N) is 1. The monoisotopic (exact) mass is 306 g/mol. The van der Waals surface area contributed by atoms with Crippen LogP contribution in [-0.4, -0.2) is 4.57 Å². The van der Waals surface area contributed by atoms with Crippen molar-refractivity contribution in [3.8, 4) is 0 Å². The topological polar surface area (TPSA) is 61.2 Å². The summed E-state index contributed by atoms with van der Waals surface area (Å²) >= 11 is 6.02. The molecule has 1 heterocycles. The van der Waals surface area contributed by atoms with E-state index in [4.69, 9.17) is 21.8 Å². The van der Waals surface area contributed by atoms with Gasteiger partial charge in [-0.2, -0.15) is 0 Å². The van der Waals surface area contributed by atoms with Crippen LogP contribution < -0.4 is 11.5 Å². The van der Waals surface area contributed by atoms with E-state index in [9.17, 15) is 9.18 Å². The van der Waals surface area contributed by atoms with Gasteiger partial charge in [0.25, 0.3) is 0 Å². The van der Waals surface area contributed by atoms with Crippen molar-refractivity contribution in [2.75, 3.05) is 0 Å². The first-order chi connectivity index (χ1) is 9.97. The lowest BCUT2D eigenvalue weighted by Crippen LogP contribution is -2.12. The summed E-state index contributed by atoms with van der Waals surface area (Å²) in [6.45, 7) is 0. The number of hydrogen-bond acceptors (Lipinski definition) is 3. The number of oxazole rings is 1. The molecule has 0 saturated heterocycles. The summed E-state index contributed by atoms with van der Waals surface area (Å²) in [5.74, 6) is -0.851. The van der Waals surface area contributed by atoms with Gasteiger partial charge in [-0.05, 0) is 35.4 Å². The molecule has 4 nitrogen and oxygen atoms in total. The fraction of sp³-hybridized carbons (Fsp3) is 0.133. The second-order valence-electron chi connectivity index (χ2n) is 4.80. The highest BCUT2D eigenvalue weighted by atomic mass is 35.5. The van der Waals surface area contributed by atoms with Gasteiger partial charge in [-0.3, -0.25) is 4.57 Å². The maximum absolute atomic E-state index is 13.1. The summed E-state index contributed by atoms with van der Waals surface area (Å²) < 4.78 is 19.6. The van der Waals surface area contributed by atoms with Crippen molar-refractivity contribution in [3.05, 3.63) is 68.9 Å². The maximum atomic E-state index is 13.1. The average molecular weight is 307 g/mol. The molecule has 0 saturated carbocycles. The van der Waals surface area contributed by atoms with E-state index in [-0.39, 0.29) is 5.02 Å². The molecule has 3 aromatic rings. The van der Waals surface area contributed by atoms with E-state index in [1.165, 1.54) is 16.7 Å². The van der Waals surface area contributed by atoms with E-state index < -0.39 is 17.6 Å². The summed E-state index contributed by atoms with van der Waals surface area (Å²) in [5, 5.41) is 0.261. The highest BCUT2D eigenvalue weighted by Gasteiger charge is 2.15. The summed E-state index contributed by atoms with van der Waals surface area (Å²) in [6, 6.07) is 8.79. The first kappa shape index (κ1) is 13.9. The number of aryl methyl sites for hydroxylation is 1. The highest BCUT2D eigenvalue weighted by Crippen LogP contribution is 2.28. The van der Waals surface area contributed by atoms with E-state index in [0.29, 0.717) is 16.7 Å². The van der Waals surface area contributed by atoms with Crippen LogP contribution in [0.1, 0.15) is 17.2 Å². The standard InChI is InChI=1S/C15H12ClFN2O2/c1-19-12-5-2-8(6-13(12)21-15(19)20)14(18)10-4-3-9(17)7-11(10)16/h2-7,14H,18H2,1H3. The molecule has 21 heavy (non-hydrogen) atoms. The third-order valence-corrected chi connectivity index (χ3v) is 3.80. The van der Waals surface area contributed by atoms with E-state index in [2.05, 4.69) is 0 Å². The SMILES string of the molecule is Cn1c(=O)oc2cc(C(N)c3ccc(F)cc3Cl)ccc21. The van der Waals surface area contributed by atoms with Crippen molar-refractivity contribution < 1.29 is 8.81 Å². The zero-order valence-electron chi connectivity index (χ0n) is 11.1. The molecule has 6 heteroatoms. The molecular formula is C15H12ClFN2O2. The number of aromatic nitrogens is 1. The van der Waals surface area contributed by atoms with Crippen molar-refractivity contribution in [2.24, 2.45) is 12.8 Å². The van der Waals surface area contributed by atoms with Gasteiger partial charge in [0.15, 0.2) is 5.58 Å². The highest BCUT2D eigenvalue weighted by molar-refractivity contribution is 6.31. The van der Waals surface area contributed by atoms with E-state index >= 15 is 0 Å². The van der Waals surface area contributed by atoms with Gasteiger partial charge in [0.05, 0.1) is 11.6 Å². The fourth-order valence-electron chi connectivity index (χ4n) is 2.28. The van der Waals surface area contributed by atoms with Crippen LogP contribution >= 0.6 is 11.6 Å². The Bertz CT molecular complexity index is 885. The number of fused-ring (bicyclic) bond motifs is 1. The fourth-order valence-corrected chi connectivity index (χ4v) is 2.56. The van der Waals surface area contributed by atoms with E-state index in [0.717, 1.165) is 5.56 Å². The lowest BCUT2D eigenvalue weighted by atomic mass is 9.99. The molecule has 3 rings (SSSR count). The van der Waals surface area contributed by atoms with E-state index in [1.54, 1.807) is 31.3 Å². The summed E-state index contributed by atoms with van der Waals surface area (Å²) in [5.41, 5.74) is 8.64. The summed E-state index contributed by atoms with van der Waals surface area (Å²) in [7, 11) is 1.63. The molecule has 2 aromatic carbocycles. The molecule has 2 N–H and O–H groups in total. The second kappa shape index (κ2) is 5.02. The number of rotatable bonds is 2. The molecule has 0 spiro atoms. The van der Waals surface area contributed by atoms with Gasteiger partial charge >= 0.3 is 5.76 Å². The van der Waals surface area contributed by atoms with Crippen molar-refractivity contribution >= 4 is 22.7 Å². The van der Waals surface area contributed by atoms with Crippen LogP contribution in [0.2, 0.25) is 5.02 Å². The minimum absolute atomic E-state index is 0.261. The quantitative estimate of drug-likeness (QED) is 0.792. The minimum Gasteiger partial charge on any atom is -0.408 e. The van der Waals surface area contributed by atoms with Crippen molar-refractivity contribution in [3.63, 3.8) is 0 Å². The molecule has 108 valence electrons. The first-order valence-electron chi connectivity index (χ1n) is 6.27.